The highest BCUT2D eigenvalue weighted by Gasteiger charge is 2.35. The Morgan fingerprint density at radius 3 is 2.50 bits per heavy atom. The molecule has 10 nitrogen and oxygen atoms in total. The van der Waals surface area contributed by atoms with Crippen molar-refractivity contribution in [3.63, 3.8) is 0 Å². The van der Waals surface area contributed by atoms with Gasteiger partial charge in [-0.2, -0.15) is 23.5 Å². The third kappa shape index (κ3) is 5.69. The molecule has 1 atom stereocenters. The molecule has 196 valence electrons. The van der Waals surface area contributed by atoms with Crippen LogP contribution in [0.3, 0.4) is 0 Å². The monoisotopic (exact) mass is 530 g/mol. The fraction of sp³-hybridized carbons (Fsp3) is 0.174. The molecule has 3 rings (SSSR count). The number of halogens is 5. The van der Waals surface area contributed by atoms with E-state index >= 15 is 0 Å². The van der Waals surface area contributed by atoms with Gasteiger partial charge < -0.3 is 16.0 Å². The largest absolute Gasteiger partial charge is 0.451 e. The van der Waals surface area contributed by atoms with E-state index in [0.717, 1.165) is 24.5 Å². The van der Waals surface area contributed by atoms with Gasteiger partial charge in [-0.05, 0) is 18.6 Å². The maximum atomic E-state index is 14.1. The van der Waals surface area contributed by atoms with Crippen LogP contribution in [0.5, 0.6) is 0 Å². The molecule has 0 bridgehead atoms. The second-order valence-electron chi connectivity index (χ2n) is 7.62. The van der Waals surface area contributed by atoms with Crippen molar-refractivity contribution in [3.8, 4) is 17.2 Å². The summed E-state index contributed by atoms with van der Waals surface area (Å²) in [6.45, 7) is 1.71. The molecule has 0 saturated carbocycles. The van der Waals surface area contributed by atoms with Gasteiger partial charge in [-0.15, -0.1) is 0 Å². The predicted molar refractivity (Wildman–Crippen MR) is 127 cm³/mol. The van der Waals surface area contributed by atoms with Crippen molar-refractivity contribution >= 4 is 17.9 Å². The van der Waals surface area contributed by atoms with Gasteiger partial charge in [0.1, 0.15) is 29.9 Å². The molecule has 6 N–H and O–H groups in total. The summed E-state index contributed by atoms with van der Waals surface area (Å²) in [6.07, 6.45) is -0.955. The van der Waals surface area contributed by atoms with Crippen LogP contribution < -0.4 is 11.1 Å². The van der Waals surface area contributed by atoms with Crippen molar-refractivity contribution < 1.29 is 22.0 Å². The standard InChI is InChI=1S/C23H19F5N10/c1-2-13(17(38-32)9-33-16-4-3-12(24)5-15(16)25)19-14(6-29)18(20(37-19)21(31)36-10-30)11-7-34-22(35-8-11)23(26,27)28/h3-5,7-10,13,32-33,37H,2H2,1H3,(H3,30,31,36)/b17-9-,38-32?. The smallest absolute Gasteiger partial charge is 0.382 e. The Morgan fingerprint density at radius 2 is 1.97 bits per heavy atom. The first-order valence-electron chi connectivity index (χ1n) is 10.7. The normalized spacial score (nSPS) is 13.1. The minimum Gasteiger partial charge on any atom is -0.382 e. The summed E-state index contributed by atoms with van der Waals surface area (Å²) in [5.41, 5.74) is 13.7. The van der Waals surface area contributed by atoms with E-state index in [0.29, 0.717) is 12.4 Å². The van der Waals surface area contributed by atoms with E-state index in [-0.39, 0.29) is 51.7 Å². The van der Waals surface area contributed by atoms with Crippen LogP contribution in [0.2, 0.25) is 0 Å². The number of amidine groups is 1. The van der Waals surface area contributed by atoms with Crippen LogP contribution in [0.25, 0.3) is 11.1 Å². The Kier molecular flexibility index (Phi) is 8.26. The van der Waals surface area contributed by atoms with Crippen molar-refractivity contribution in [3.05, 3.63) is 76.9 Å². The molecule has 0 aliphatic heterocycles. The second kappa shape index (κ2) is 11.4. The predicted octanol–water partition coefficient (Wildman–Crippen LogP) is 5.43. The van der Waals surface area contributed by atoms with E-state index in [1.807, 2.05) is 6.07 Å². The molecular formula is C23H19F5N10. The molecule has 3 aromatic rings. The molecular weight excluding hydrogens is 511 g/mol. The van der Waals surface area contributed by atoms with Crippen molar-refractivity contribution in [2.45, 2.75) is 25.4 Å². The number of anilines is 1. The number of hydrogen-bond donors (Lipinski definition) is 5. The van der Waals surface area contributed by atoms with Crippen LogP contribution in [0.4, 0.5) is 27.6 Å². The van der Waals surface area contributed by atoms with E-state index in [4.69, 9.17) is 16.7 Å². The Labute approximate surface area is 212 Å². The highest BCUT2D eigenvalue weighted by Crippen LogP contribution is 2.38. The van der Waals surface area contributed by atoms with Gasteiger partial charge in [0.15, 0.2) is 0 Å². The first-order chi connectivity index (χ1) is 18.0. The maximum Gasteiger partial charge on any atom is 0.451 e. The Balaban J connectivity index is 2.17. The SMILES string of the molecule is CCC(/C(=C/Nc1ccc(F)cc1F)N=N)c1[nH]c(/C(N)=N\C=N)c(-c2cnc(C(F)(F)F)nc2)c1C#N. The van der Waals surface area contributed by atoms with Crippen molar-refractivity contribution in [1.82, 2.24) is 15.0 Å². The number of rotatable bonds is 9. The van der Waals surface area contributed by atoms with Crippen molar-refractivity contribution in [2.24, 2.45) is 15.8 Å². The molecule has 38 heavy (non-hydrogen) atoms. The summed E-state index contributed by atoms with van der Waals surface area (Å²) >= 11 is 0. The van der Waals surface area contributed by atoms with E-state index in [1.54, 1.807) is 6.92 Å². The third-order valence-corrected chi connectivity index (χ3v) is 5.34. The first kappa shape index (κ1) is 27.6. The highest BCUT2D eigenvalue weighted by atomic mass is 19.4. The number of H-pyrrole nitrogens is 1. The van der Waals surface area contributed by atoms with Gasteiger partial charge in [0.25, 0.3) is 0 Å². The van der Waals surface area contributed by atoms with Crippen LogP contribution in [-0.4, -0.2) is 27.1 Å². The average molecular weight is 530 g/mol. The lowest BCUT2D eigenvalue weighted by Crippen LogP contribution is -2.16. The van der Waals surface area contributed by atoms with Crippen LogP contribution in [-0.2, 0) is 6.18 Å². The van der Waals surface area contributed by atoms with Crippen LogP contribution in [0, 0.1) is 33.9 Å². The number of hydrogen-bond acceptors (Lipinski definition) is 7. The number of alkyl halides is 3. The number of allylic oxidation sites excluding steroid dienone is 1. The summed E-state index contributed by atoms with van der Waals surface area (Å²) in [5, 5.41) is 23.3. The van der Waals surface area contributed by atoms with Crippen molar-refractivity contribution in [1.29, 1.82) is 16.2 Å². The topological polar surface area (TPSA) is 176 Å². The third-order valence-electron chi connectivity index (χ3n) is 5.34. The lowest BCUT2D eigenvalue weighted by Gasteiger charge is -2.15. The number of nitriles is 1. The first-order valence-corrected chi connectivity index (χ1v) is 10.7. The number of nitrogens with two attached hydrogens (primary N) is 1. The fourth-order valence-corrected chi connectivity index (χ4v) is 3.65. The van der Waals surface area contributed by atoms with Crippen LogP contribution in [0.1, 0.15) is 42.0 Å². The summed E-state index contributed by atoms with van der Waals surface area (Å²) < 4.78 is 66.2. The lowest BCUT2D eigenvalue weighted by molar-refractivity contribution is -0.144. The molecule has 1 unspecified atom stereocenters. The number of aliphatic imine (C=N–C) groups is 1. The second-order valence-corrected chi connectivity index (χ2v) is 7.62. The number of aromatic nitrogens is 3. The van der Waals surface area contributed by atoms with E-state index in [2.05, 4.69) is 30.4 Å². The zero-order valence-electron chi connectivity index (χ0n) is 19.5. The average Bonchev–Trinajstić information content (AvgIpc) is 3.26. The summed E-state index contributed by atoms with van der Waals surface area (Å²) in [4.78, 5) is 13.3. The summed E-state index contributed by atoms with van der Waals surface area (Å²) in [7, 11) is 0. The quantitative estimate of drug-likeness (QED) is 0.107. The Morgan fingerprint density at radius 1 is 1.29 bits per heavy atom. The van der Waals surface area contributed by atoms with Crippen LogP contribution >= 0.6 is 0 Å². The molecule has 0 aliphatic carbocycles. The Bertz CT molecular complexity index is 1450. The van der Waals surface area contributed by atoms with Gasteiger partial charge in [0, 0.05) is 47.4 Å². The molecule has 15 heteroatoms. The molecule has 0 fully saturated rings. The molecule has 0 saturated heterocycles. The zero-order chi connectivity index (χ0) is 28.0. The number of aromatic amines is 1. The van der Waals surface area contributed by atoms with Gasteiger partial charge in [-0.25, -0.2) is 29.3 Å². The van der Waals surface area contributed by atoms with Crippen LogP contribution in [0.15, 0.2) is 52.6 Å². The highest BCUT2D eigenvalue weighted by molar-refractivity contribution is 6.06. The zero-order valence-corrected chi connectivity index (χ0v) is 19.5. The van der Waals surface area contributed by atoms with Gasteiger partial charge in [-0.3, -0.25) is 5.41 Å². The molecule has 0 aliphatic rings. The van der Waals surface area contributed by atoms with Gasteiger partial charge in [-0.1, -0.05) is 6.92 Å². The van der Waals surface area contributed by atoms with Gasteiger partial charge in [0.05, 0.1) is 22.6 Å². The molecule has 0 radical (unpaired) electrons. The number of nitrogens with zero attached hydrogens (tertiary/aromatic N) is 5. The summed E-state index contributed by atoms with van der Waals surface area (Å²) in [5.74, 6) is -4.11. The fourth-order valence-electron chi connectivity index (χ4n) is 3.65. The number of benzene rings is 1. The Hall–Kier alpha value is -5.00. The minimum absolute atomic E-state index is 0.00345. The molecule has 1 aromatic carbocycles. The maximum absolute atomic E-state index is 14.1. The van der Waals surface area contributed by atoms with E-state index < -0.39 is 29.6 Å². The molecule has 2 heterocycles. The summed E-state index contributed by atoms with van der Waals surface area (Å²) in [6, 6.07) is 4.82. The lowest BCUT2D eigenvalue weighted by atomic mass is 9.93. The minimum atomic E-state index is -4.79. The van der Waals surface area contributed by atoms with Crippen molar-refractivity contribution in [2.75, 3.05) is 5.32 Å². The van der Waals surface area contributed by atoms with E-state index in [9.17, 15) is 27.2 Å². The molecule has 0 spiro atoms. The molecule has 2 aromatic heterocycles. The number of nitrogens with one attached hydrogen (secondary N) is 4. The molecule has 0 amide bonds. The van der Waals surface area contributed by atoms with Gasteiger partial charge in [0.2, 0.25) is 5.82 Å². The van der Waals surface area contributed by atoms with Gasteiger partial charge >= 0.3 is 6.18 Å². The van der Waals surface area contributed by atoms with E-state index in [1.165, 1.54) is 6.20 Å².